The van der Waals surface area contributed by atoms with Gasteiger partial charge in [0, 0.05) is 52.0 Å². The Kier molecular flexibility index (Phi) is 11.6. The van der Waals surface area contributed by atoms with Gasteiger partial charge in [0.1, 0.15) is 5.75 Å². The molecule has 252 valence electrons. The Morgan fingerprint density at radius 1 is 1.09 bits per heavy atom. The van der Waals surface area contributed by atoms with Gasteiger partial charge in [-0.15, -0.1) is 0 Å². The topological polar surface area (TPSA) is 115 Å². The van der Waals surface area contributed by atoms with Crippen molar-refractivity contribution in [3.8, 4) is 28.8 Å². The number of oxazole rings is 1. The van der Waals surface area contributed by atoms with Crippen LogP contribution in [0.5, 0.6) is 11.5 Å². The molecule has 1 saturated heterocycles. The lowest BCUT2D eigenvalue weighted by molar-refractivity contribution is 0.0223. The number of fused-ring (bicyclic) bond motifs is 1. The van der Waals surface area contributed by atoms with Crippen molar-refractivity contribution in [3.63, 3.8) is 0 Å². The summed E-state index contributed by atoms with van der Waals surface area (Å²) in [4.78, 5) is 12.1. The van der Waals surface area contributed by atoms with Crippen LogP contribution in [0.1, 0.15) is 44.7 Å². The molecule has 46 heavy (non-hydrogen) atoms. The Bertz CT molecular complexity index is 1520. The lowest BCUT2D eigenvalue weighted by Crippen LogP contribution is -2.46. The highest BCUT2D eigenvalue weighted by Crippen LogP contribution is 2.39. The van der Waals surface area contributed by atoms with E-state index < -0.39 is 16.4 Å². The summed E-state index contributed by atoms with van der Waals surface area (Å²) in [6.07, 6.45) is 2.12. The molecular weight excluding hydrogens is 615 g/mol. The van der Waals surface area contributed by atoms with Crippen molar-refractivity contribution in [2.75, 3.05) is 52.1 Å². The minimum Gasteiger partial charge on any atom is -0.493 e. The van der Waals surface area contributed by atoms with Crippen LogP contribution in [0, 0.1) is 18.3 Å². The molecule has 10 nitrogen and oxygen atoms in total. The molecule has 1 N–H and O–H groups in total. The number of benzene rings is 1. The number of aryl methyl sites for hydroxylation is 1. The van der Waals surface area contributed by atoms with Crippen molar-refractivity contribution < 1.29 is 23.1 Å². The molecule has 1 aliphatic rings. The molecule has 0 amide bonds. The first kappa shape index (κ1) is 35.9. The van der Waals surface area contributed by atoms with Gasteiger partial charge >= 0.3 is 0 Å². The van der Waals surface area contributed by atoms with E-state index in [1.807, 2.05) is 19.1 Å². The molecule has 1 aliphatic heterocycles. The number of piperidine rings is 1. The maximum absolute atomic E-state index is 9.62. The molecule has 12 heteroatoms. The highest BCUT2D eigenvalue weighted by Gasteiger charge is 2.37. The maximum atomic E-state index is 9.62. The van der Waals surface area contributed by atoms with Crippen molar-refractivity contribution in [2.24, 2.45) is 0 Å². The fourth-order valence-corrected chi connectivity index (χ4v) is 7.02. The summed E-state index contributed by atoms with van der Waals surface area (Å²) in [5.41, 5.74) is 3.65. The zero-order chi connectivity index (χ0) is 33.7. The Balaban J connectivity index is 1.50. The number of anilines is 1. The summed E-state index contributed by atoms with van der Waals surface area (Å²) < 4.78 is 30.2. The van der Waals surface area contributed by atoms with Crippen molar-refractivity contribution in [3.05, 3.63) is 29.3 Å². The predicted octanol–water partition coefficient (Wildman–Crippen LogP) is 7.67. The van der Waals surface area contributed by atoms with E-state index >= 15 is 0 Å². The maximum Gasteiger partial charge on any atom is 0.297 e. The third-order valence-corrected chi connectivity index (χ3v) is 15.3. The molecule has 0 bridgehead atoms. The van der Waals surface area contributed by atoms with Crippen LogP contribution < -0.4 is 14.8 Å². The first-order valence-electron chi connectivity index (χ1n) is 16.3. The predicted molar refractivity (Wildman–Crippen MR) is 189 cm³/mol. The van der Waals surface area contributed by atoms with E-state index in [2.05, 4.69) is 69.8 Å². The van der Waals surface area contributed by atoms with Crippen LogP contribution in [-0.4, -0.2) is 84.1 Å². The summed E-state index contributed by atoms with van der Waals surface area (Å²) >= 11 is 0. The fourth-order valence-electron chi connectivity index (χ4n) is 5.23. The number of rotatable bonds is 14. The lowest BCUT2D eigenvalue weighted by atomic mass is 10.0. The average molecular weight is 668 g/mol. The summed E-state index contributed by atoms with van der Waals surface area (Å²) in [6.45, 7) is 24.6. The molecule has 0 saturated carbocycles. The molecule has 4 rings (SSSR count). The van der Waals surface area contributed by atoms with Gasteiger partial charge in [-0.1, -0.05) is 40.4 Å². The second-order valence-electron chi connectivity index (χ2n) is 15.0. The minimum absolute atomic E-state index is 0.0873. The van der Waals surface area contributed by atoms with Crippen molar-refractivity contribution in [2.45, 2.75) is 90.4 Å². The van der Waals surface area contributed by atoms with Crippen molar-refractivity contribution in [1.82, 2.24) is 14.9 Å². The average Bonchev–Trinajstić information content (AvgIpc) is 3.37. The molecular formula is C34H53N5O5Si2. The van der Waals surface area contributed by atoms with E-state index in [0.717, 1.165) is 56.3 Å². The van der Waals surface area contributed by atoms with Gasteiger partial charge in [0.25, 0.3) is 6.01 Å². The van der Waals surface area contributed by atoms with Crippen LogP contribution in [0.2, 0.25) is 43.8 Å². The molecule has 3 heterocycles. The minimum atomic E-state index is -1.77. The second kappa shape index (κ2) is 14.9. The number of hydrogen-bond acceptors (Lipinski definition) is 10. The second-order valence-corrected chi connectivity index (χ2v) is 25.5. The number of nitrogens with one attached hydrogen (secondary N) is 1. The number of pyridine rings is 1. The Morgan fingerprint density at radius 2 is 1.85 bits per heavy atom. The molecule has 0 radical (unpaired) electrons. The van der Waals surface area contributed by atoms with Crippen LogP contribution >= 0.6 is 0 Å². The van der Waals surface area contributed by atoms with Crippen LogP contribution in [-0.2, 0) is 9.16 Å². The van der Waals surface area contributed by atoms with Crippen LogP contribution in [0.25, 0.3) is 22.5 Å². The van der Waals surface area contributed by atoms with Gasteiger partial charge in [-0.3, -0.25) is 4.90 Å². The SMILES string of the molecule is COc1cc(-c2c(C)cc(C#N)cc2OCOCC[Si](C)(C)C)nc2nc(N[C@@H]3CCCN(CCO[Si](C)(C)C(C)(C)C)C3)oc12. The highest BCUT2D eigenvalue weighted by atomic mass is 28.4. The highest BCUT2D eigenvalue weighted by molar-refractivity contribution is 6.76. The molecule has 0 unspecified atom stereocenters. The Hall–Kier alpha value is -2.96. The van der Waals surface area contributed by atoms with Gasteiger partial charge in [0.05, 0.1) is 24.4 Å². The number of likely N-dealkylation sites (tertiary alicyclic amines) is 1. The van der Waals surface area contributed by atoms with Crippen LogP contribution in [0.15, 0.2) is 22.6 Å². The molecule has 3 aromatic rings. The largest absolute Gasteiger partial charge is 0.493 e. The van der Waals surface area contributed by atoms with Gasteiger partial charge in [-0.05, 0) is 68.2 Å². The van der Waals surface area contributed by atoms with E-state index in [1.165, 1.54) is 0 Å². The smallest absolute Gasteiger partial charge is 0.297 e. The zero-order valence-corrected chi connectivity index (χ0v) is 31.5. The van der Waals surface area contributed by atoms with Crippen LogP contribution in [0.4, 0.5) is 6.01 Å². The van der Waals surface area contributed by atoms with Crippen molar-refractivity contribution >= 4 is 33.6 Å². The number of methoxy groups -OCH3 is 1. The van der Waals surface area contributed by atoms with E-state index in [4.69, 9.17) is 33.0 Å². The Labute approximate surface area is 276 Å². The van der Waals surface area contributed by atoms with E-state index in [-0.39, 0.29) is 17.9 Å². The molecule has 2 aromatic heterocycles. The molecule has 1 atom stereocenters. The van der Waals surface area contributed by atoms with E-state index in [0.29, 0.717) is 46.6 Å². The summed E-state index contributed by atoms with van der Waals surface area (Å²) in [5.74, 6) is 1.05. The fraction of sp³-hybridized carbons (Fsp3) is 0.618. The summed E-state index contributed by atoms with van der Waals surface area (Å²) in [7, 11) is -1.38. The summed E-state index contributed by atoms with van der Waals surface area (Å²) in [5, 5.41) is 13.3. The van der Waals surface area contributed by atoms with Gasteiger partial charge in [-0.2, -0.15) is 10.2 Å². The van der Waals surface area contributed by atoms with E-state index in [1.54, 1.807) is 13.2 Å². The number of aromatic nitrogens is 2. The summed E-state index contributed by atoms with van der Waals surface area (Å²) in [6, 6.07) is 9.27. The zero-order valence-electron chi connectivity index (χ0n) is 29.5. The molecule has 1 fully saturated rings. The third kappa shape index (κ3) is 9.32. The third-order valence-electron chi connectivity index (χ3n) is 9.04. The van der Waals surface area contributed by atoms with Gasteiger partial charge in [0.15, 0.2) is 20.9 Å². The number of nitrogens with zero attached hydrogens (tertiary/aromatic N) is 4. The van der Waals surface area contributed by atoms with Gasteiger partial charge < -0.3 is 28.4 Å². The van der Waals surface area contributed by atoms with Crippen LogP contribution in [0.3, 0.4) is 0 Å². The number of ether oxygens (including phenoxy) is 3. The van der Waals surface area contributed by atoms with Gasteiger partial charge in [0.2, 0.25) is 11.2 Å². The number of hydrogen-bond donors (Lipinski definition) is 1. The standard InChI is InChI=1S/C34H53N5O5Si2/c1-24-18-25(21-35)19-28(42-23-41-16-17-45(6,7)8)30(24)27-20-29(40-5)31-32(37-27)38-33(44-31)36-26-12-11-13-39(22-26)14-15-43-46(9,10)34(2,3)4/h18-20,26H,11-17,22-23H2,1-10H3,(H,36,37,38)/t26-/m1/s1. The van der Waals surface area contributed by atoms with Gasteiger partial charge in [-0.25, -0.2) is 4.98 Å². The quantitative estimate of drug-likeness (QED) is 0.104. The van der Waals surface area contributed by atoms with E-state index in [9.17, 15) is 5.26 Å². The molecule has 0 spiro atoms. The first-order chi connectivity index (χ1) is 21.6. The Morgan fingerprint density at radius 3 is 2.52 bits per heavy atom. The molecule has 0 aliphatic carbocycles. The van der Waals surface area contributed by atoms with Crippen molar-refractivity contribution in [1.29, 1.82) is 5.26 Å². The monoisotopic (exact) mass is 667 g/mol. The lowest BCUT2D eigenvalue weighted by Gasteiger charge is -2.38. The number of nitriles is 1. The first-order valence-corrected chi connectivity index (χ1v) is 23.0. The normalized spacial score (nSPS) is 16.4. The molecule has 1 aromatic carbocycles.